The van der Waals surface area contributed by atoms with Gasteiger partial charge in [-0.15, -0.1) is 0 Å². The maximum Gasteiger partial charge on any atom is 0.222 e. The van der Waals surface area contributed by atoms with Crippen LogP contribution in [0.25, 0.3) is 0 Å². The van der Waals surface area contributed by atoms with E-state index in [4.69, 9.17) is 0 Å². The van der Waals surface area contributed by atoms with Gasteiger partial charge in [0.2, 0.25) is 5.91 Å². The molecule has 0 radical (unpaired) electrons. The topological polar surface area (TPSA) is 32.3 Å². The lowest BCUT2D eigenvalue weighted by molar-refractivity contribution is -0.135. The predicted octanol–water partition coefficient (Wildman–Crippen LogP) is 2.66. The van der Waals surface area contributed by atoms with Crippen molar-refractivity contribution in [3.8, 4) is 0 Å². The number of nitrogens with zero attached hydrogens (tertiary/aromatic N) is 1. The van der Waals surface area contributed by atoms with E-state index in [0.717, 1.165) is 39.0 Å². The SMILES string of the molecule is CC(CC(=O)N1CCCC(C)(C)C1)C1CCCNC1. The number of piperidine rings is 2. The molecule has 0 bridgehead atoms. The molecule has 1 amide bonds. The van der Waals surface area contributed by atoms with E-state index in [9.17, 15) is 4.79 Å². The third kappa shape index (κ3) is 4.20. The van der Waals surface area contributed by atoms with Crippen molar-refractivity contribution in [3.63, 3.8) is 0 Å². The Balaban J connectivity index is 1.82. The maximum atomic E-state index is 12.4. The summed E-state index contributed by atoms with van der Waals surface area (Å²) in [7, 11) is 0. The summed E-state index contributed by atoms with van der Waals surface area (Å²) in [4.78, 5) is 14.6. The highest BCUT2D eigenvalue weighted by molar-refractivity contribution is 5.76. The first kappa shape index (κ1) is 14.8. The second-order valence-electron chi connectivity index (χ2n) is 7.37. The second-order valence-corrected chi connectivity index (χ2v) is 7.37. The second kappa shape index (κ2) is 6.25. The van der Waals surface area contributed by atoms with Gasteiger partial charge in [-0.3, -0.25) is 4.79 Å². The van der Waals surface area contributed by atoms with Crippen molar-refractivity contribution in [1.82, 2.24) is 10.2 Å². The number of amides is 1. The standard InChI is InChI=1S/C16H30N2O/c1-13(14-6-4-8-17-11-14)10-15(19)18-9-5-7-16(2,3)12-18/h13-14,17H,4-12H2,1-3H3. The van der Waals surface area contributed by atoms with Gasteiger partial charge in [0.1, 0.15) is 0 Å². The van der Waals surface area contributed by atoms with Gasteiger partial charge in [-0.25, -0.2) is 0 Å². The lowest BCUT2D eigenvalue weighted by Gasteiger charge is -2.39. The lowest BCUT2D eigenvalue weighted by atomic mass is 9.82. The minimum absolute atomic E-state index is 0.309. The zero-order valence-electron chi connectivity index (χ0n) is 12.9. The molecule has 0 aromatic heterocycles. The van der Waals surface area contributed by atoms with E-state index in [0.29, 0.717) is 23.2 Å². The quantitative estimate of drug-likeness (QED) is 0.852. The first-order chi connectivity index (χ1) is 8.98. The fourth-order valence-electron chi connectivity index (χ4n) is 3.57. The minimum Gasteiger partial charge on any atom is -0.342 e. The van der Waals surface area contributed by atoms with Crippen LogP contribution in [0.2, 0.25) is 0 Å². The van der Waals surface area contributed by atoms with Gasteiger partial charge in [0.15, 0.2) is 0 Å². The summed E-state index contributed by atoms with van der Waals surface area (Å²) in [5, 5.41) is 3.46. The maximum absolute atomic E-state index is 12.4. The average Bonchev–Trinajstić information content (AvgIpc) is 2.38. The molecule has 2 unspecified atom stereocenters. The van der Waals surface area contributed by atoms with Gasteiger partial charge in [-0.1, -0.05) is 20.8 Å². The number of hydrogen-bond donors (Lipinski definition) is 1. The average molecular weight is 266 g/mol. The van der Waals surface area contributed by atoms with Crippen LogP contribution >= 0.6 is 0 Å². The molecule has 2 rings (SSSR count). The van der Waals surface area contributed by atoms with Gasteiger partial charge < -0.3 is 10.2 Å². The van der Waals surface area contributed by atoms with Crippen LogP contribution in [0, 0.1) is 17.3 Å². The molecule has 19 heavy (non-hydrogen) atoms. The van der Waals surface area contributed by atoms with E-state index in [1.165, 1.54) is 19.3 Å². The number of nitrogens with one attached hydrogen (secondary N) is 1. The predicted molar refractivity (Wildman–Crippen MR) is 79.0 cm³/mol. The zero-order chi connectivity index (χ0) is 13.9. The van der Waals surface area contributed by atoms with Crippen LogP contribution in [0.15, 0.2) is 0 Å². The van der Waals surface area contributed by atoms with Crippen molar-refractivity contribution in [1.29, 1.82) is 0 Å². The Hall–Kier alpha value is -0.570. The number of carbonyl (C=O) groups excluding carboxylic acids is 1. The van der Waals surface area contributed by atoms with Crippen molar-refractivity contribution < 1.29 is 4.79 Å². The normalized spacial score (nSPS) is 29.0. The zero-order valence-corrected chi connectivity index (χ0v) is 12.9. The number of likely N-dealkylation sites (tertiary alicyclic amines) is 1. The highest BCUT2D eigenvalue weighted by Gasteiger charge is 2.30. The summed E-state index contributed by atoms with van der Waals surface area (Å²) in [6.45, 7) is 11.0. The molecule has 2 saturated heterocycles. The summed E-state index contributed by atoms with van der Waals surface area (Å²) < 4.78 is 0. The monoisotopic (exact) mass is 266 g/mol. The molecule has 2 aliphatic rings. The van der Waals surface area contributed by atoms with Gasteiger partial charge in [-0.05, 0) is 56.0 Å². The summed E-state index contributed by atoms with van der Waals surface area (Å²) in [5.41, 5.74) is 0.309. The van der Waals surface area contributed by atoms with Crippen LogP contribution in [0.3, 0.4) is 0 Å². The van der Waals surface area contributed by atoms with Gasteiger partial charge in [0, 0.05) is 19.5 Å². The lowest BCUT2D eigenvalue weighted by Crippen LogP contribution is -2.44. The minimum atomic E-state index is 0.309. The Morgan fingerprint density at radius 3 is 2.84 bits per heavy atom. The fraction of sp³-hybridized carbons (Fsp3) is 0.938. The summed E-state index contributed by atoms with van der Waals surface area (Å²) in [6.07, 6.45) is 5.70. The summed E-state index contributed by atoms with van der Waals surface area (Å²) in [5.74, 6) is 1.59. The van der Waals surface area contributed by atoms with E-state index in [-0.39, 0.29) is 0 Å². The van der Waals surface area contributed by atoms with Crippen LogP contribution in [-0.2, 0) is 4.79 Å². The molecule has 2 heterocycles. The first-order valence-electron chi connectivity index (χ1n) is 7.96. The molecule has 1 N–H and O–H groups in total. The molecule has 3 heteroatoms. The smallest absolute Gasteiger partial charge is 0.222 e. The van der Waals surface area contributed by atoms with E-state index < -0.39 is 0 Å². The fourth-order valence-corrected chi connectivity index (χ4v) is 3.57. The van der Waals surface area contributed by atoms with E-state index in [2.05, 4.69) is 31.0 Å². The third-order valence-corrected chi connectivity index (χ3v) is 4.89. The first-order valence-corrected chi connectivity index (χ1v) is 7.96. The number of rotatable bonds is 3. The van der Waals surface area contributed by atoms with E-state index in [1.807, 2.05) is 0 Å². The summed E-state index contributed by atoms with van der Waals surface area (Å²) >= 11 is 0. The van der Waals surface area contributed by atoms with Gasteiger partial charge in [-0.2, -0.15) is 0 Å². The molecule has 110 valence electrons. The van der Waals surface area contributed by atoms with Crippen LogP contribution in [0.5, 0.6) is 0 Å². The molecule has 3 nitrogen and oxygen atoms in total. The van der Waals surface area contributed by atoms with E-state index >= 15 is 0 Å². The molecule has 0 aromatic carbocycles. The Labute approximate surface area is 118 Å². The van der Waals surface area contributed by atoms with Crippen LogP contribution in [-0.4, -0.2) is 37.0 Å². The van der Waals surface area contributed by atoms with Crippen molar-refractivity contribution in [2.75, 3.05) is 26.2 Å². The molecule has 0 saturated carbocycles. The van der Waals surface area contributed by atoms with Crippen LogP contribution in [0.1, 0.15) is 52.9 Å². The number of carbonyl (C=O) groups is 1. The van der Waals surface area contributed by atoms with E-state index in [1.54, 1.807) is 0 Å². The molecule has 0 aromatic rings. The highest BCUT2D eigenvalue weighted by Crippen LogP contribution is 2.30. The third-order valence-electron chi connectivity index (χ3n) is 4.89. The van der Waals surface area contributed by atoms with Crippen molar-refractivity contribution >= 4 is 5.91 Å². The van der Waals surface area contributed by atoms with Crippen molar-refractivity contribution in [2.24, 2.45) is 17.3 Å². The Bertz CT molecular complexity index is 308. The van der Waals surface area contributed by atoms with Crippen molar-refractivity contribution in [2.45, 2.75) is 52.9 Å². The molecular formula is C16H30N2O. The highest BCUT2D eigenvalue weighted by atomic mass is 16.2. The Kier molecular flexibility index (Phi) is 4.88. The van der Waals surface area contributed by atoms with Crippen molar-refractivity contribution in [3.05, 3.63) is 0 Å². The molecule has 2 atom stereocenters. The summed E-state index contributed by atoms with van der Waals surface area (Å²) in [6, 6.07) is 0. The largest absolute Gasteiger partial charge is 0.342 e. The molecular weight excluding hydrogens is 236 g/mol. The Morgan fingerprint density at radius 2 is 2.21 bits per heavy atom. The molecule has 2 aliphatic heterocycles. The van der Waals surface area contributed by atoms with Gasteiger partial charge in [0.25, 0.3) is 0 Å². The number of hydrogen-bond acceptors (Lipinski definition) is 2. The van der Waals surface area contributed by atoms with Crippen LogP contribution in [0.4, 0.5) is 0 Å². The molecule has 2 fully saturated rings. The van der Waals surface area contributed by atoms with Gasteiger partial charge >= 0.3 is 0 Å². The van der Waals surface area contributed by atoms with Gasteiger partial charge in [0.05, 0.1) is 0 Å². The Morgan fingerprint density at radius 1 is 1.42 bits per heavy atom. The van der Waals surface area contributed by atoms with Crippen LogP contribution < -0.4 is 5.32 Å². The molecule has 0 spiro atoms. The molecule has 0 aliphatic carbocycles.